The third kappa shape index (κ3) is 4.70. The van der Waals surface area contributed by atoms with Crippen LogP contribution in [0.25, 0.3) is 6.08 Å². The van der Waals surface area contributed by atoms with E-state index >= 15 is 0 Å². The van der Waals surface area contributed by atoms with Gasteiger partial charge in [-0.15, -0.1) is 0 Å². The van der Waals surface area contributed by atoms with Crippen molar-refractivity contribution in [3.63, 3.8) is 0 Å². The molecule has 1 amide bonds. The number of carbonyl (C=O) groups excluding carboxylic acids is 1. The summed E-state index contributed by atoms with van der Waals surface area (Å²) in [4.78, 5) is 22.2. The quantitative estimate of drug-likeness (QED) is 0.513. The van der Waals surface area contributed by atoms with E-state index in [-0.39, 0.29) is 11.6 Å². The minimum Gasteiger partial charge on any atom is -0.352 e. The molecule has 0 aromatic heterocycles. The Labute approximate surface area is 124 Å². The van der Waals surface area contributed by atoms with E-state index in [1.54, 1.807) is 18.2 Å². The summed E-state index contributed by atoms with van der Waals surface area (Å²) in [5.74, 6) is 0.376. The number of para-hydroxylation sites is 1. The molecule has 1 saturated carbocycles. The first-order valence-electron chi connectivity index (χ1n) is 7.36. The van der Waals surface area contributed by atoms with Crippen LogP contribution in [-0.2, 0) is 4.79 Å². The smallest absolute Gasteiger partial charge is 0.276 e. The first kappa shape index (κ1) is 15.2. The number of rotatable bonds is 5. The zero-order valence-corrected chi connectivity index (χ0v) is 12.0. The molecule has 1 fully saturated rings. The number of amides is 1. The Morgan fingerprint density at radius 1 is 1.29 bits per heavy atom. The van der Waals surface area contributed by atoms with E-state index in [1.807, 2.05) is 0 Å². The van der Waals surface area contributed by atoms with Gasteiger partial charge in [-0.05, 0) is 30.9 Å². The fraction of sp³-hybridized carbons (Fsp3) is 0.438. The van der Waals surface area contributed by atoms with Gasteiger partial charge in [-0.1, -0.05) is 31.4 Å². The molecule has 0 bridgehead atoms. The summed E-state index contributed by atoms with van der Waals surface area (Å²) < 4.78 is 0. The van der Waals surface area contributed by atoms with Crippen molar-refractivity contribution < 1.29 is 9.72 Å². The molecule has 0 saturated heterocycles. The first-order valence-corrected chi connectivity index (χ1v) is 7.36. The summed E-state index contributed by atoms with van der Waals surface area (Å²) in [6.07, 6.45) is 8.99. The highest BCUT2D eigenvalue weighted by Crippen LogP contribution is 2.22. The van der Waals surface area contributed by atoms with E-state index in [0.29, 0.717) is 18.0 Å². The van der Waals surface area contributed by atoms with Gasteiger partial charge in [-0.25, -0.2) is 0 Å². The molecule has 0 unspecified atom stereocenters. The van der Waals surface area contributed by atoms with Gasteiger partial charge in [-0.3, -0.25) is 14.9 Å². The number of benzene rings is 1. The molecule has 0 radical (unpaired) electrons. The Morgan fingerprint density at radius 2 is 2.00 bits per heavy atom. The third-order valence-electron chi connectivity index (χ3n) is 3.84. The SMILES string of the molecule is O=C(/C=C/c1ccccc1[N+](=O)[O-])NCC1CCCCC1. The van der Waals surface area contributed by atoms with Crippen molar-refractivity contribution in [1.82, 2.24) is 5.32 Å². The molecule has 112 valence electrons. The fourth-order valence-corrected chi connectivity index (χ4v) is 2.66. The number of hydrogen-bond donors (Lipinski definition) is 1. The summed E-state index contributed by atoms with van der Waals surface area (Å²) in [6.45, 7) is 0.695. The molecular formula is C16H20N2O3. The number of hydrogen-bond acceptors (Lipinski definition) is 3. The van der Waals surface area contributed by atoms with Crippen molar-refractivity contribution in [1.29, 1.82) is 0 Å². The lowest BCUT2D eigenvalue weighted by atomic mass is 9.89. The van der Waals surface area contributed by atoms with Crippen LogP contribution in [0.5, 0.6) is 0 Å². The summed E-state index contributed by atoms with van der Waals surface area (Å²) >= 11 is 0. The van der Waals surface area contributed by atoms with Gasteiger partial charge in [0, 0.05) is 18.7 Å². The molecule has 5 nitrogen and oxygen atoms in total. The average Bonchev–Trinajstić information content (AvgIpc) is 2.52. The maximum Gasteiger partial charge on any atom is 0.276 e. The van der Waals surface area contributed by atoms with E-state index in [2.05, 4.69) is 5.32 Å². The van der Waals surface area contributed by atoms with E-state index in [4.69, 9.17) is 0 Å². The highest BCUT2D eigenvalue weighted by Gasteiger charge is 2.14. The zero-order chi connectivity index (χ0) is 15.1. The van der Waals surface area contributed by atoms with Crippen LogP contribution in [0, 0.1) is 16.0 Å². The number of carbonyl (C=O) groups is 1. The van der Waals surface area contributed by atoms with Crippen LogP contribution >= 0.6 is 0 Å². The minimum atomic E-state index is -0.445. The van der Waals surface area contributed by atoms with Crippen LogP contribution in [0.2, 0.25) is 0 Å². The maximum atomic E-state index is 11.8. The van der Waals surface area contributed by atoms with E-state index in [0.717, 1.165) is 0 Å². The molecule has 1 aliphatic carbocycles. The molecule has 0 atom stereocenters. The topological polar surface area (TPSA) is 72.2 Å². The maximum absolute atomic E-state index is 11.8. The van der Waals surface area contributed by atoms with Gasteiger partial charge < -0.3 is 5.32 Å². The zero-order valence-electron chi connectivity index (χ0n) is 12.0. The Hall–Kier alpha value is -2.17. The molecule has 2 rings (SSSR count). The van der Waals surface area contributed by atoms with Gasteiger partial charge in [0.15, 0.2) is 0 Å². The second-order valence-corrected chi connectivity index (χ2v) is 5.40. The molecule has 0 heterocycles. The molecule has 0 aliphatic heterocycles. The summed E-state index contributed by atoms with van der Waals surface area (Å²) in [5, 5.41) is 13.7. The molecule has 1 aromatic rings. The fourth-order valence-electron chi connectivity index (χ4n) is 2.66. The van der Waals surface area contributed by atoms with Crippen molar-refractivity contribution in [2.24, 2.45) is 5.92 Å². The van der Waals surface area contributed by atoms with Crippen LogP contribution in [0.4, 0.5) is 5.69 Å². The average molecular weight is 288 g/mol. The number of nitro groups is 1. The minimum absolute atomic E-state index is 0.00818. The second kappa shape index (κ2) is 7.57. The van der Waals surface area contributed by atoms with Crippen LogP contribution in [0.1, 0.15) is 37.7 Å². The monoisotopic (exact) mass is 288 g/mol. The molecule has 1 aromatic carbocycles. The lowest BCUT2D eigenvalue weighted by Crippen LogP contribution is -2.28. The first-order chi connectivity index (χ1) is 10.2. The Kier molecular flexibility index (Phi) is 5.49. The summed E-state index contributed by atoms with van der Waals surface area (Å²) in [6, 6.07) is 6.38. The summed E-state index contributed by atoms with van der Waals surface area (Å²) in [7, 11) is 0. The van der Waals surface area contributed by atoms with Crippen molar-refractivity contribution in [2.75, 3.05) is 6.54 Å². The van der Waals surface area contributed by atoms with E-state index in [9.17, 15) is 14.9 Å². The van der Waals surface area contributed by atoms with Crippen molar-refractivity contribution in [3.8, 4) is 0 Å². The predicted molar refractivity (Wildman–Crippen MR) is 81.7 cm³/mol. The van der Waals surface area contributed by atoms with E-state index in [1.165, 1.54) is 50.3 Å². The largest absolute Gasteiger partial charge is 0.352 e. The van der Waals surface area contributed by atoms with Crippen molar-refractivity contribution in [2.45, 2.75) is 32.1 Å². The van der Waals surface area contributed by atoms with Crippen LogP contribution in [0.15, 0.2) is 30.3 Å². The van der Waals surface area contributed by atoms with Gasteiger partial charge in [0.05, 0.1) is 10.5 Å². The van der Waals surface area contributed by atoms with E-state index < -0.39 is 4.92 Å². The number of nitro benzene ring substituents is 1. The Morgan fingerprint density at radius 3 is 2.71 bits per heavy atom. The Bertz CT molecular complexity index is 534. The second-order valence-electron chi connectivity index (χ2n) is 5.40. The lowest BCUT2D eigenvalue weighted by Gasteiger charge is -2.21. The summed E-state index contributed by atoms with van der Waals surface area (Å²) in [5.41, 5.74) is 0.448. The third-order valence-corrected chi connectivity index (χ3v) is 3.84. The van der Waals surface area contributed by atoms with Crippen molar-refractivity contribution in [3.05, 3.63) is 46.0 Å². The van der Waals surface area contributed by atoms with Crippen LogP contribution < -0.4 is 5.32 Å². The number of nitrogens with zero attached hydrogens (tertiary/aromatic N) is 1. The standard InChI is InChI=1S/C16H20N2O3/c19-16(17-12-13-6-2-1-3-7-13)11-10-14-8-4-5-9-15(14)18(20)21/h4-5,8-11,13H,1-3,6-7,12H2,(H,17,19)/b11-10+. The molecular weight excluding hydrogens is 268 g/mol. The van der Waals surface area contributed by atoms with Crippen LogP contribution in [-0.4, -0.2) is 17.4 Å². The molecule has 5 heteroatoms. The van der Waals surface area contributed by atoms with Gasteiger partial charge in [0.2, 0.25) is 5.91 Å². The normalized spacial score (nSPS) is 16.0. The van der Waals surface area contributed by atoms with Crippen molar-refractivity contribution >= 4 is 17.7 Å². The van der Waals surface area contributed by atoms with Gasteiger partial charge in [0.1, 0.15) is 0 Å². The predicted octanol–water partition coefficient (Wildman–Crippen LogP) is 3.30. The highest BCUT2D eigenvalue weighted by molar-refractivity contribution is 5.92. The molecule has 0 spiro atoms. The van der Waals surface area contributed by atoms with Gasteiger partial charge in [-0.2, -0.15) is 0 Å². The van der Waals surface area contributed by atoms with Gasteiger partial charge in [0.25, 0.3) is 5.69 Å². The Balaban J connectivity index is 1.88. The highest BCUT2D eigenvalue weighted by atomic mass is 16.6. The molecule has 1 aliphatic rings. The lowest BCUT2D eigenvalue weighted by molar-refractivity contribution is -0.385. The van der Waals surface area contributed by atoms with Gasteiger partial charge >= 0.3 is 0 Å². The molecule has 1 N–H and O–H groups in total. The van der Waals surface area contributed by atoms with Crippen LogP contribution in [0.3, 0.4) is 0 Å². The number of nitrogens with one attached hydrogen (secondary N) is 1. The molecule has 21 heavy (non-hydrogen) atoms.